The first-order valence-corrected chi connectivity index (χ1v) is 13.9. The van der Waals surface area contributed by atoms with Crippen LogP contribution in [-0.2, 0) is 11.8 Å². The van der Waals surface area contributed by atoms with Gasteiger partial charge in [-0.05, 0) is 50.9 Å². The topological polar surface area (TPSA) is 175 Å². The maximum absolute atomic E-state index is 13.5. The van der Waals surface area contributed by atoms with E-state index in [-0.39, 0.29) is 17.6 Å². The number of likely N-dealkylation sites (tertiary alicyclic amines) is 2. The zero-order valence-electron chi connectivity index (χ0n) is 23.1. The van der Waals surface area contributed by atoms with Crippen molar-refractivity contribution in [2.24, 2.45) is 0 Å². The number of hydrogen-bond acceptors (Lipinski definition) is 11. The molecule has 2 saturated heterocycles. The highest BCUT2D eigenvalue weighted by Gasteiger charge is 2.74. The summed E-state index contributed by atoms with van der Waals surface area (Å²) >= 11 is 0. The van der Waals surface area contributed by atoms with Gasteiger partial charge in [-0.2, -0.15) is 0 Å². The number of likely N-dealkylation sites (N-methyl/N-ethyl adjacent to an activating group) is 1. The first-order valence-electron chi connectivity index (χ1n) is 13.9. The number of nitro benzene ring substituents is 3. The van der Waals surface area contributed by atoms with Crippen LogP contribution in [0.2, 0.25) is 0 Å². The highest BCUT2D eigenvalue weighted by Crippen LogP contribution is 2.69. The number of nitrogens with zero attached hydrogens (tertiary/aromatic N) is 5. The van der Waals surface area contributed by atoms with E-state index >= 15 is 0 Å². The lowest BCUT2D eigenvalue weighted by atomic mass is 9.47. The average molecular weight is 580 g/mol. The maximum Gasteiger partial charge on any atom is 0.290 e. The summed E-state index contributed by atoms with van der Waals surface area (Å²) in [5.41, 5.74) is -3.23. The molecule has 14 heteroatoms. The Balaban J connectivity index is 1.63. The van der Waals surface area contributed by atoms with Crippen molar-refractivity contribution in [2.75, 3.05) is 33.8 Å². The quantitative estimate of drug-likeness (QED) is 0.393. The lowest BCUT2D eigenvalue weighted by Crippen LogP contribution is -2.75. The summed E-state index contributed by atoms with van der Waals surface area (Å²) in [7, 11) is 3.41. The van der Waals surface area contributed by atoms with Crippen molar-refractivity contribution in [1.29, 1.82) is 0 Å². The molecule has 2 fully saturated rings. The Labute approximate surface area is 239 Å². The van der Waals surface area contributed by atoms with E-state index in [2.05, 4.69) is 0 Å². The number of hydrogen-bond donors (Lipinski definition) is 1. The second-order valence-corrected chi connectivity index (χ2v) is 11.8. The van der Waals surface area contributed by atoms with Crippen molar-refractivity contribution in [3.63, 3.8) is 0 Å². The fourth-order valence-electron chi connectivity index (χ4n) is 8.45. The van der Waals surface area contributed by atoms with Crippen molar-refractivity contribution >= 4 is 22.6 Å². The second-order valence-electron chi connectivity index (χ2n) is 11.8. The third-order valence-electron chi connectivity index (χ3n) is 10.1. The van der Waals surface area contributed by atoms with Gasteiger partial charge in [0, 0.05) is 42.4 Å². The van der Waals surface area contributed by atoms with E-state index in [1.807, 2.05) is 29.0 Å². The Morgan fingerprint density at radius 1 is 1.00 bits per heavy atom. The van der Waals surface area contributed by atoms with Crippen LogP contribution in [-0.4, -0.2) is 81.2 Å². The van der Waals surface area contributed by atoms with Gasteiger partial charge in [0.05, 0.1) is 39.4 Å². The van der Waals surface area contributed by atoms with Gasteiger partial charge in [0.25, 0.3) is 17.1 Å². The van der Waals surface area contributed by atoms with Gasteiger partial charge in [-0.1, -0.05) is 6.07 Å². The molecule has 0 radical (unpaired) electrons. The third-order valence-corrected chi connectivity index (χ3v) is 10.1. The number of nitro groups is 3. The molecule has 4 atom stereocenters. The van der Waals surface area contributed by atoms with Gasteiger partial charge in [0.1, 0.15) is 17.3 Å². The number of methoxy groups -OCH3 is 1. The number of ether oxygens (including phenoxy) is 2. The Kier molecular flexibility index (Phi) is 5.60. The van der Waals surface area contributed by atoms with Gasteiger partial charge in [-0.15, -0.1) is 0 Å². The molecular formula is C28H29N5O9. The molecule has 2 aromatic carbocycles. The molecule has 42 heavy (non-hydrogen) atoms. The first kappa shape index (κ1) is 26.6. The number of rotatable bonds is 6. The first-order chi connectivity index (χ1) is 20.0. The molecule has 0 amide bonds. The Morgan fingerprint density at radius 2 is 1.67 bits per heavy atom. The lowest BCUT2D eigenvalue weighted by Gasteiger charge is -2.63. The van der Waals surface area contributed by atoms with E-state index in [4.69, 9.17) is 9.47 Å². The number of benzene rings is 2. The Hall–Kier alpha value is -4.30. The van der Waals surface area contributed by atoms with Gasteiger partial charge in [0.2, 0.25) is 0 Å². The lowest BCUT2D eigenvalue weighted by molar-refractivity contribution is -0.403. The number of piperidine rings is 1. The fraction of sp³-hybridized carbons (Fsp3) is 0.500. The predicted octanol–water partition coefficient (Wildman–Crippen LogP) is 3.32. The normalized spacial score (nSPS) is 29.3. The molecule has 3 aliphatic heterocycles. The van der Waals surface area contributed by atoms with Crippen LogP contribution in [0, 0.1) is 30.3 Å². The second kappa shape index (κ2) is 8.85. The van der Waals surface area contributed by atoms with Crippen molar-refractivity contribution in [2.45, 2.75) is 55.3 Å². The van der Waals surface area contributed by atoms with Crippen LogP contribution in [0.1, 0.15) is 42.4 Å². The molecule has 1 spiro atoms. The molecule has 3 heterocycles. The van der Waals surface area contributed by atoms with Crippen molar-refractivity contribution < 1.29 is 29.4 Å². The van der Waals surface area contributed by atoms with Crippen LogP contribution in [0.15, 0.2) is 30.0 Å². The maximum atomic E-state index is 13.5. The van der Waals surface area contributed by atoms with Gasteiger partial charge in [0.15, 0.2) is 11.5 Å². The molecule has 4 unspecified atom stereocenters. The largest absolute Gasteiger partial charge is 0.493 e. The summed E-state index contributed by atoms with van der Waals surface area (Å²) in [5.74, 6) is 1.03. The van der Waals surface area contributed by atoms with Crippen molar-refractivity contribution in [3.05, 3.63) is 77.0 Å². The fourth-order valence-corrected chi connectivity index (χ4v) is 8.45. The monoisotopic (exact) mass is 579 g/mol. The molecular weight excluding hydrogens is 550 g/mol. The summed E-state index contributed by atoms with van der Waals surface area (Å²) < 4.78 is 12.3. The van der Waals surface area contributed by atoms with E-state index in [0.29, 0.717) is 49.7 Å². The summed E-state index contributed by atoms with van der Waals surface area (Å²) in [4.78, 5) is 38.3. The van der Waals surface area contributed by atoms with Crippen LogP contribution in [0.5, 0.6) is 11.5 Å². The summed E-state index contributed by atoms with van der Waals surface area (Å²) in [5, 5.41) is 50.3. The average Bonchev–Trinajstić information content (AvgIpc) is 3.60. The van der Waals surface area contributed by atoms with E-state index < -0.39 is 55.0 Å². The highest BCUT2D eigenvalue weighted by atomic mass is 16.6. The van der Waals surface area contributed by atoms with Crippen LogP contribution in [0.25, 0.3) is 5.57 Å². The zero-order chi connectivity index (χ0) is 29.7. The molecule has 0 saturated carbocycles. The van der Waals surface area contributed by atoms with Gasteiger partial charge in [-0.3, -0.25) is 35.2 Å². The molecule has 2 aromatic rings. The third kappa shape index (κ3) is 3.16. The van der Waals surface area contributed by atoms with Gasteiger partial charge >= 0.3 is 0 Å². The minimum Gasteiger partial charge on any atom is -0.493 e. The molecule has 1 N–H and O–H groups in total. The SMILES string of the molecule is COc1ccc2c3c1OC1CC(N4CCCC4)=C(c4c([N+](=O)[O-])cc([N+](=O)[O-])cc4[N+](=O)[O-])C4(O)C(C2)N(C)CCC314. The van der Waals surface area contributed by atoms with Crippen molar-refractivity contribution in [1.82, 2.24) is 9.80 Å². The molecule has 5 aliphatic rings. The molecule has 7 rings (SSSR count). The minimum atomic E-state index is -1.86. The van der Waals surface area contributed by atoms with Crippen LogP contribution in [0.4, 0.5) is 17.1 Å². The van der Waals surface area contributed by atoms with Gasteiger partial charge < -0.3 is 19.5 Å². The zero-order valence-corrected chi connectivity index (χ0v) is 23.1. The number of aliphatic hydroxyl groups is 1. The van der Waals surface area contributed by atoms with Crippen LogP contribution in [0.3, 0.4) is 0 Å². The van der Waals surface area contributed by atoms with E-state index in [0.717, 1.165) is 36.1 Å². The summed E-state index contributed by atoms with van der Waals surface area (Å²) in [6, 6.07) is 4.71. The highest BCUT2D eigenvalue weighted by molar-refractivity contribution is 5.91. The summed E-state index contributed by atoms with van der Waals surface area (Å²) in [6.07, 6.45) is 2.17. The summed E-state index contributed by atoms with van der Waals surface area (Å²) in [6.45, 7) is 1.80. The standard InChI is InChI=1S/C28H29N5O9/c1-29-10-7-27-22-14-19(30-8-3-4-9-30)25(23-17(32(37)38)12-16(31(35)36)13-18(23)33(39)40)28(27,34)21(29)11-15-5-6-20(41-2)26(42-22)24(15)27/h5-6,12-13,21-22,34H,3-4,7-11,14H2,1-2H3. The van der Waals surface area contributed by atoms with Crippen LogP contribution >= 0.6 is 0 Å². The Bertz CT molecular complexity index is 1580. The molecule has 220 valence electrons. The van der Waals surface area contributed by atoms with Crippen molar-refractivity contribution in [3.8, 4) is 11.5 Å². The predicted molar refractivity (Wildman–Crippen MR) is 148 cm³/mol. The van der Waals surface area contributed by atoms with E-state index in [1.54, 1.807) is 0 Å². The molecule has 0 aromatic heterocycles. The van der Waals surface area contributed by atoms with E-state index in [1.165, 1.54) is 7.11 Å². The minimum absolute atomic E-state index is 0.107. The van der Waals surface area contributed by atoms with Crippen LogP contribution < -0.4 is 9.47 Å². The van der Waals surface area contributed by atoms with E-state index in [9.17, 15) is 35.4 Å². The molecule has 2 bridgehead atoms. The Morgan fingerprint density at radius 3 is 2.26 bits per heavy atom. The smallest absolute Gasteiger partial charge is 0.290 e. The van der Waals surface area contributed by atoms with Gasteiger partial charge in [-0.25, -0.2) is 0 Å². The molecule has 14 nitrogen and oxygen atoms in total. The molecule has 2 aliphatic carbocycles. The number of non-ortho nitro benzene ring substituents is 1.